The first-order valence-corrected chi connectivity index (χ1v) is 5.27. The van der Waals surface area contributed by atoms with Crippen LogP contribution in [0.1, 0.15) is 23.7 Å². The summed E-state index contributed by atoms with van der Waals surface area (Å²) in [4.78, 5) is 10.4. The van der Waals surface area contributed by atoms with Gasteiger partial charge in [0.25, 0.3) is 0 Å². The molecule has 0 radical (unpaired) electrons. The summed E-state index contributed by atoms with van der Waals surface area (Å²) in [6.07, 6.45) is -7.10. The molecule has 0 amide bonds. The lowest BCUT2D eigenvalue weighted by molar-refractivity contribution is -0.143. The van der Waals surface area contributed by atoms with Crippen molar-refractivity contribution in [3.8, 4) is 0 Å². The standard InChI is InChI=1S/C10H8BrF3O3/c11-5-1-2-6(8(15)4-9(16)17)7(3-5)10(12,13)14/h1-3,8,15H,4H2,(H,16,17). The molecule has 7 heteroatoms. The van der Waals surface area contributed by atoms with Crippen molar-refractivity contribution in [3.63, 3.8) is 0 Å². The molecular weight excluding hydrogens is 305 g/mol. The van der Waals surface area contributed by atoms with Gasteiger partial charge in [-0.15, -0.1) is 0 Å². The van der Waals surface area contributed by atoms with E-state index in [0.717, 1.165) is 12.1 Å². The van der Waals surface area contributed by atoms with Crippen LogP contribution in [0.15, 0.2) is 22.7 Å². The molecule has 1 aromatic carbocycles. The number of rotatable bonds is 3. The Bertz CT molecular complexity index is 431. The van der Waals surface area contributed by atoms with Crippen LogP contribution in [0.5, 0.6) is 0 Å². The highest BCUT2D eigenvalue weighted by atomic mass is 79.9. The highest BCUT2D eigenvalue weighted by molar-refractivity contribution is 9.10. The summed E-state index contributed by atoms with van der Waals surface area (Å²) in [5.41, 5.74) is -1.48. The fraction of sp³-hybridized carbons (Fsp3) is 0.300. The first kappa shape index (κ1) is 14.0. The van der Waals surface area contributed by atoms with Crippen LogP contribution in [-0.4, -0.2) is 16.2 Å². The SMILES string of the molecule is O=C(O)CC(O)c1ccc(Br)cc1C(F)(F)F. The van der Waals surface area contributed by atoms with E-state index in [4.69, 9.17) is 5.11 Å². The zero-order valence-electron chi connectivity index (χ0n) is 8.33. The maximum absolute atomic E-state index is 12.6. The quantitative estimate of drug-likeness (QED) is 0.902. The molecule has 1 unspecified atom stereocenters. The Morgan fingerprint density at radius 3 is 2.47 bits per heavy atom. The molecule has 1 rings (SSSR count). The van der Waals surface area contributed by atoms with Gasteiger partial charge in [0, 0.05) is 4.47 Å². The number of aliphatic hydroxyl groups is 1. The molecule has 0 heterocycles. The van der Waals surface area contributed by atoms with Crippen LogP contribution in [0.2, 0.25) is 0 Å². The Hall–Kier alpha value is -1.08. The van der Waals surface area contributed by atoms with Crippen molar-refractivity contribution in [2.75, 3.05) is 0 Å². The molecule has 0 saturated heterocycles. The van der Waals surface area contributed by atoms with Gasteiger partial charge in [-0.3, -0.25) is 4.79 Å². The van der Waals surface area contributed by atoms with Gasteiger partial charge in [-0.1, -0.05) is 22.0 Å². The van der Waals surface area contributed by atoms with Gasteiger partial charge in [-0.25, -0.2) is 0 Å². The molecule has 1 atom stereocenters. The highest BCUT2D eigenvalue weighted by Crippen LogP contribution is 2.37. The van der Waals surface area contributed by atoms with Crippen LogP contribution < -0.4 is 0 Å². The molecule has 0 aliphatic rings. The van der Waals surface area contributed by atoms with Crippen molar-refractivity contribution < 1.29 is 28.2 Å². The van der Waals surface area contributed by atoms with Crippen LogP contribution in [0.3, 0.4) is 0 Å². The zero-order chi connectivity index (χ0) is 13.2. The highest BCUT2D eigenvalue weighted by Gasteiger charge is 2.35. The van der Waals surface area contributed by atoms with Gasteiger partial charge in [0.05, 0.1) is 18.1 Å². The van der Waals surface area contributed by atoms with Gasteiger partial charge in [-0.2, -0.15) is 13.2 Å². The average molecular weight is 313 g/mol. The maximum atomic E-state index is 12.6. The molecule has 0 aromatic heterocycles. The summed E-state index contributed by atoms with van der Waals surface area (Å²) in [7, 11) is 0. The maximum Gasteiger partial charge on any atom is 0.416 e. The second-order valence-electron chi connectivity index (χ2n) is 3.34. The van der Waals surface area contributed by atoms with E-state index in [1.54, 1.807) is 0 Å². The zero-order valence-corrected chi connectivity index (χ0v) is 9.92. The number of aliphatic hydroxyl groups excluding tert-OH is 1. The average Bonchev–Trinajstić information content (AvgIpc) is 2.14. The van der Waals surface area contributed by atoms with Gasteiger partial charge in [0.2, 0.25) is 0 Å². The van der Waals surface area contributed by atoms with Crippen molar-refractivity contribution in [1.29, 1.82) is 0 Å². The van der Waals surface area contributed by atoms with Gasteiger partial charge in [0.15, 0.2) is 0 Å². The minimum atomic E-state index is -4.64. The fourth-order valence-electron chi connectivity index (χ4n) is 1.34. The van der Waals surface area contributed by atoms with E-state index in [2.05, 4.69) is 15.9 Å². The van der Waals surface area contributed by atoms with Crippen LogP contribution in [0.4, 0.5) is 13.2 Å². The van der Waals surface area contributed by atoms with E-state index in [1.807, 2.05) is 0 Å². The number of hydrogen-bond acceptors (Lipinski definition) is 2. The molecule has 0 aliphatic heterocycles. The molecule has 0 bridgehead atoms. The fourth-order valence-corrected chi connectivity index (χ4v) is 1.70. The minimum Gasteiger partial charge on any atom is -0.481 e. The minimum absolute atomic E-state index is 0.205. The number of benzene rings is 1. The lowest BCUT2D eigenvalue weighted by Crippen LogP contribution is -2.14. The van der Waals surface area contributed by atoms with E-state index in [9.17, 15) is 23.1 Å². The van der Waals surface area contributed by atoms with Crippen molar-refractivity contribution in [1.82, 2.24) is 0 Å². The lowest BCUT2D eigenvalue weighted by Gasteiger charge is -2.16. The van der Waals surface area contributed by atoms with Crippen LogP contribution in [0, 0.1) is 0 Å². The molecule has 2 N–H and O–H groups in total. The summed E-state index contributed by atoms with van der Waals surface area (Å²) in [6, 6.07) is 3.18. The monoisotopic (exact) mass is 312 g/mol. The van der Waals surface area contributed by atoms with Crippen LogP contribution in [-0.2, 0) is 11.0 Å². The molecule has 1 aromatic rings. The van der Waals surface area contributed by atoms with E-state index in [0.29, 0.717) is 0 Å². The van der Waals surface area contributed by atoms with Crippen LogP contribution in [0.25, 0.3) is 0 Å². The molecule has 0 aliphatic carbocycles. The Kier molecular flexibility index (Phi) is 4.16. The number of carboxylic acid groups (broad SMARTS) is 1. The van der Waals surface area contributed by atoms with E-state index in [1.165, 1.54) is 6.07 Å². The topological polar surface area (TPSA) is 57.5 Å². The van der Waals surface area contributed by atoms with Crippen LogP contribution >= 0.6 is 15.9 Å². The summed E-state index contributed by atoms with van der Waals surface area (Å²) in [5, 5.41) is 17.9. The largest absolute Gasteiger partial charge is 0.481 e. The van der Waals surface area contributed by atoms with Crippen molar-refractivity contribution in [3.05, 3.63) is 33.8 Å². The molecule has 0 fully saturated rings. The molecule has 17 heavy (non-hydrogen) atoms. The number of halogens is 4. The second kappa shape index (κ2) is 5.05. The first-order chi connectivity index (χ1) is 7.71. The lowest BCUT2D eigenvalue weighted by atomic mass is 10.00. The second-order valence-corrected chi connectivity index (χ2v) is 4.26. The Morgan fingerprint density at radius 2 is 2.00 bits per heavy atom. The summed E-state index contributed by atoms with van der Waals surface area (Å²) < 4.78 is 38.1. The normalized spacial score (nSPS) is 13.5. The number of carboxylic acids is 1. The van der Waals surface area contributed by atoms with E-state index in [-0.39, 0.29) is 4.47 Å². The molecule has 0 spiro atoms. The number of carbonyl (C=O) groups is 1. The smallest absolute Gasteiger partial charge is 0.416 e. The van der Waals surface area contributed by atoms with Gasteiger partial charge >= 0.3 is 12.1 Å². The third kappa shape index (κ3) is 3.71. The van der Waals surface area contributed by atoms with Gasteiger partial charge in [0.1, 0.15) is 0 Å². The summed E-state index contributed by atoms with van der Waals surface area (Å²) >= 11 is 2.89. The number of aliphatic carboxylic acids is 1. The van der Waals surface area contributed by atoms with Gasteiger partial charge in [-0.05, 0) is 17.7 Å². The Balaban J connectivity index is 3.19. The molecular formula is C10H8BrF3O3. The van der Waals surface area contributed by atoms with E-state index < -0.39 is 35.8 Å². The third-order valence-electron chi connectivity index (χ3n) is 2.05. The van der Waals surface area contributed by atoms with Crippen molar-refractivity contribution in [2.24, 2.45) is 0 Å². The Labute approximate surface area is 103 Å². The molecule has 0 saturated carbocycles. The van der Waals surface area contributed by atoms with Gasteiger partial charge < -0.3 is 10.2 Å². The van der Waals surface area contributed by atoms with Crippen molar-refractivity contribution >= 4 is 21.9 Å². The Morgan fingerprint density at radius 1 is 1.41 bits per heavy atom. The predicted octanol–water partition coefficient (Wildman–Crippen LogP) is 2.98. The summed E-state index contributed by atoms with van der Waals surface area (Å²) in [6.45, 7) is 0. The number of hydrogen-bond donors (Lipinski definition) is 2. The third-order valence-corrected chi connectivity index (χ3v) is 2.54. The van der Waals surface area contributed by atoms with E-state index >= 15 is 0 Å². The first-order valence-electron chi connectivity index (χ1n) is 4.48. The van der Waals surface area contributed by atoms with Crippen molar-refractivity contribution in [2.45, 2.75) is 18.7 Å². The predicted molar refractivity (Wildman–Crippen MR) is 56.4 cm³/mol. The summed E-state index contributed by atoms with van der Waals surface area (Å²) in [5.74, 6) is -1.37. The molecule has 3 nitrogen and oxygen atoms in total. The number of alkyl halides is 3. The molecule has 94 valence electrons.